The molecule has 1 aromatic heterocycles. The van der Waals surface area contributed by atoms with Crippen molar-refractivity contribution in [2.24, 2.45) is 0 Å². The van der Waals surface area contributed by atoms with Gasteiger partial charge in [-0.3, -0.25) is 4.79 Å². The highest BCUT2D eigenvalue weighted by molar-refractivity contribution is 9.11. The molecule has 1 rings (SSSR count). The number of thiophene rings is 1. The zero-order chi connectivity index (χ0) is 10.8. The summed E-state index contributed by atoms with van der Waals surface area (Å²) in [6, 6.07) is 1.94. The summed E-state index contributed by atoms with van der Waals surface area (Å²) in [5.74, 6) is -0.178. The van der Waals surface area contributed by atoms with Crippen LogP contribution < -0.4 is 0 Å². The van der Waals surface area contributed by atoms with Crippen LogP contribution in [0.2, 0.25) is 0 Å². The summed E-state index contributed by atoms with van der Waals surface area (Å²) in [6.45, 7) is 5.61. The van der Waals surface area contributed by atoms with E-state index >= 15 is 0 Å². The summed E-state index contributed by atoms with van der Waals surface area (Å²) in [7, 11) is 0. The molecule has 4 heteroatoms. The average molecular weight is 277 g/mol. The van der Waals surface area contributed by atoms with Crippen LogP contribution in [-0.4, -0.2) is 11.6 Å². The molecule has 0 saturated heterocycles. The quantitative estimate of drug-likeness (QED) is 0.774. The molecule has 2 nitrogen and oxygen atoms in total. The van der Waals surface area contributed by atoms with Crippen LogP contribution in [0.4, 0.5) is 0 Å². The zero-order valence-corrected chi connectivity index (χ0v) is 10.9. The number of carbonyl (C=O) groups excluding carboxylic acids is 1. The second-order valence-corrected chi connectivity index (χ2v) is 6.31. The number of esters is 1. The van der Waals surface area contributed by atoms with Crippen molar-refractivity contribution in [1.82, 2.24) is 0 Å². The highest BCUT2D eigenvalue weighted by Gasteiger charge is 2.16. The summed E-state index contributed by atoms with van der Waals surface area (Å²) in [5, 5.41) is 1.95. The van der Waals surface area contributed by atoms with E-state index in [-0.39, 0.29) is 5.97 Å². The Morgan fingerprint density at radius 2 is 2.21 bits per heavy atom. The van der Waals surface area contributed by atoms with E-state index in [1.807, 2.05) is 32.2 Å². The molecule has 0 bridgehead atoms. The third-order valence-electron chi connectivity index (χ3n) is 1.39. The Morgan fingerprint density at radius 1 is 1.57 bits per heavy atom. The molecule has 0 fully saturated rings. The molecular weight excluding hydrogens is 264 g/mol. The van der Waals surface area contributed by atoms with E-state index in [0.29, 0.717) is 6.42 Å². The van der Waals surface area contributed by atoms with Crippen molar-refractivity contribution >= 4 is 33.2 Å². The third-order valence-corrected chi connectivity index (χ3v) is 2.94. The summed E-state index contributed by atoms with van der Waals surface area (Å²) in [4.78, 5) is 11.4. The molecular formula is C10H13BrO2S. The first-order valence-electron chi connectivity index (χ1n) is 4.31. The lowest BCUT2D eigenvalue weighted by Gasteiger charge is -2.19. The molecule has 0 aromatic carbocycles. The molecule has 1 heterocycles. The van der Waals surface area contributed by atoms with Crippen LogP contribution in [0.25, 0.3) is 0 Å². The van der Waals surface area contributed by atoms with Gasteiger partial charge in [-0.2, -0.15) is 0 Å². The van der Waals surface area contributed by atoms with Crippen molar-refractivity contribution < 1.29 is 9.53 Å². The second-order valence-electron chi connectivity index (χ2n) is 4.02. The number of hydrogen-bond acceptors (Lipinski definition) is 3. The molecule has 0 aliphatic heterocycles. The van der Waals surface area contributed by atoms with E-state index in [9.17, 15) is 4.79 Å². The van der Waals surface area contributed by atoms with E-state index in [1.54, 1.807) is 11.3 Å². The van der Waals surface area contributed by atoms with E-state index in [4.69, 9.17) is 4.74 Å². The summed E-state index contributed by atoms with van der Waals surface area (Å²) in [6.07, 6.45) is 0.347. The Morgan fingerprint density at radius 3 is 2.64 bits per heavy atom. The normalized spacial score (nSPS) is 11.4. The first-order chi connectivity index (χ1) is 6.37. The number of ether oxygens (including phenoxy) is 1. The van der Waals surface area contributed by atoms with E-state index in [0.717, 1.165) is 9.35 Å². The lowest BCUT2D eigenvalue weighted by Crippen LogP contribution is -2.24. The summed E-state index contributed by atoms with van der Waals surface area (Å²) >= 11 is 4.92. The summed E-state index contributed by atoms with van der Waals surface area (Å²) < 4.78 is 6.24. The van der Waals surface area contributed by atoms with Crippen molar-refractivity contribution in [3.05, 3.63) is 20.8 Å². The minimum absolute atomic E-state index is 0.178. The fraction of sp³-hybridized carbons (Fsp3) is 0.500. The predicted octanol–water partition coefficient (Wildman–Crippen LogP) is 3.39. The monoisotopic (exact) mass is 276 g/mol. The highest BCUT2D eigenvalue weighted by Crippen LogP contribution is 2.21. The van der Waals surface area contributed by atoms with E-state index in [2.05, 4.69) is 15.9 Å². The molecule has 14 heavy (non-hydrogen) atoms. The van der Waals surface area contributed by atoms with Gasteiger partial charge in [0.2, 0.25) is 0 Å². The molecule has 0 aliphatic rings. The van der Waals surface area contributed by atoms with Gasteiger partial charge in [0.15, 0.2) is 0 Å². The molecule has 0 N–H and O–H groups in total. The maximum Gasteiger partial charge on any atom is 0.310 e. The number of rotatable bonds is 2. The largest absolute Gasteiger partial charge is 0.460 e. The van der Waals surface area contributed by atoms with Crippen LogP contribution in [0, 0.1) is 0 Å². The fourth-order valence-electron chi connectivity index (χ4n) is 0.983. The van der Waals surface area contributed by atoms with Crippen molar-refractivity contribution in [3.8, 4) is 0 Å². The van der Waals surface area contributed by atoms with Crippen molar-refractivity contribution in [2.45, 2.75) is 32.8 Å². The van der Waals surface area contributed by atoms with Gasteiger partial charge in [0.25, 0.3) is 0 Å². The van der Waals surface area contributed by atoms with Gasteiger partial charge in [0.1, 0.15) is 5.60 Å². The SMILES string of the molecule is CC(C)(C)OC(=O)Cc1csc(Br)c1. The Bertz CT molecular complexity index is 325. The van der Waals surface area contributed by atoms with Gasteiger partial charge in [-0.1, -0.05) is 0 Å². The molecule has 78 valence electrons. The molecule has 0 aliphatic carbocycles. The predicted molar refractivity (Wildman–Crippen MR) is 61.6 cm³/mol. The highest BCUT2D eigenvalue weighted by atomic mass is 79.9. The van der Waals surface area contributed by atoms with Crippen LogP contribution in [0.1, 0.15) is 26.3 Å². The van der Waals surface area contributed by atoms with Gasteiger partial charge in [-0.15, -0.1) is 11.3 Å². The Hall–Kier alpha value is -0.350. The molecule has 0 unspecified atom stereocenters. The van der Waals surface area contributed by atoms with Crippen LogP contribution in [0.5, 0.6) is 0 Å². The van der Waals surface area contributed by atoms with Crippen molar-refractivity contribution in [1.29, 1.82) is 0 Å². The van der Waals surface area contributed by atoms with Crippen LogP contribution in [0.15, 0.2) is 15.2 Å². The van der Waals surface area contributed by atoms with Gasteiger partial charge in [0.05, 0.1) is 10.2 Å². The maximum absolute atomic E-state index is 11.4. The first kappa shape index (κ1) is 11.7. The van der Waals surface area contributed by atoms with Gasteiger partial charge in [-0.05, 0) is 53.7 Å². The van der Waals surface area contributed by atoms with Crippen molar-refractivity contribution in [3.63, 3.8) is 0 Å². The average Bonchev–Trinajstić information content (AvgIpc) is 2.30. The van der Waals surface area contributed by atoms with Gasteiger partial charge < -0.3 is 4.74 Å². The van der Waals surface area contributed by atoms with Crippen molar-refractivity contribution in [2.75, 3.05) is 0 Å². The number of carbonyl (C=O) groups is 1. The van der Waals surface area contributed by atoms with Crippen LogP contribution in [-0.2, 0) is 16.0 Å². The topological polar surface area (TPSA) is 26.3 Å². The van der Waals surface area contributed by atoms with Crippen LogP contribution >= 0.6 is 27.3 Å². The summed E-state index contributed by atoms with van der Waals surface area (Å²) in [5.41, 5.74) is 0.598. The molecule has 1 aromatic rings. The minimum Gasteiger partial charge on any atom is -0.460 e. The molecule has 0 spiro atoms. The molecule has 0 radical (unpaired) electrons. The number of halogens is 1. The fourth-order valence-corrected chi connectivity index (χ4v) is 2.19. The third kappa shape index (κ3) is 4.24. The Kier molecular flexibility index (Phi) is 3.72. The molecule has 0 atom stereocenters. The Balaban J connectivity index is 2.50. The van der Waals surface area contributed by atoms with Crippen LogP contribution in [0.3, 0.4) is 0 Å². The van der Waals surface area contributed by atoms with E-state index < -0.39 is 5.60 Å². The smallest absolute Gasteiger partial charge is 0.310 e. The lowest BCUT2D eigenvalue weighted by atomic mass is 10.2. The maximum atomic E-state index is 11.4. The number of hydrogen-bond donors (Lipinski definition) is 0. The lowest BCUT2D eigenvalue weighted by molar-refractivity contribution is -0.153. The zero-order valence-electron chi connectivity index (χ0n) is 8.46. The standard InChI is InChI=1S/C10H13BrO2S/c1-10(2,3)13-9(12)5-7-4-8(11)14-6-7/h4,6H,5H2,1-3H3. The Labute approximate surface area is 96.4 Å². The van der Waals surface area contributed by atoms with Gasteiger partial charge in [-0.25, -0.2) is 0 Å². The van der Waals surface area contributed by atoms with E-state index in [1.165, 1.54) is 0 Å². The second kappa shape index (κ2) is 4.45. The van der Waals surface area contributed by atoms with Gasteiger partial charge >= 0.3 is 5.97 Å². The molecule has 0 saturated carbocycles. The molecule has 0 amide bonds. The van der Waals surface area contributed by atoms with Gasteiger partial charge in [0, 0.05) is 0 Å². The first-order valence-corrected chi connectivity index (χ1v) is 5.99. The minimum atomic E-state index is -0.398.